The summed E-state index contributed by atoms with van der Waals surface area (Å²) in [6, 6.07) is -1.18. The fraction of sp³-hybridized carbons (Fsp3) is 0.741. The number of unbranched alkanes of at least 4 members (excludes halogenated alkanes) is 2. The third-order valence-corrected chi connectivity index (χ3v) is 10.0. The molecule has 0 aromatic carbocycles. The van der Waals surface area contributed by atoms with Gasteiger partial charge in [0.1, 0.15) is 6.04 Å². The lowest BCUT2D eigenvalue weighted by molar-refractivity contribution is -0.156. The molecule has 2 bridgehead atoms. The SMILES string of the molecule is C=CCCOC(=O)[C@H]1[C@H]2C(=O)N([C@@H](CC)CO)C(C(=O)N(CC=C)CCCCC)C23CC[C@]1(C)S3. The van der Waals surface area contributed by atoms with E-state index in [2.05, 4.69) is 20.1 Å². The Balaban J connectivity index is 2.02. The lowest BCUT2D eigenvalue weighted by Gasteiger charge is -2.39. The van der Waals surface area contributed by atoms with E-state index in [1.54, 1.807) is 33.7 Å². The monoisotopic (exact) mass is 506 g/mol. The largest absolute Gasteiger partial charge is 0.465 e. The number of carbonyl (C=O) groups excluding carboxylic acids is 3. The highest BCUT2D eigenvalue weighted by Crippen LogP contribution is 2.71. The van der Waals surface area contributed by atoms with Gasteiger partial charge in [-0.1, -0.05) is 38.8 Å². The van der Waals surface area contributed by atoms with Gasteiger partial charge in [0.15, 0.2) is 0 Å². The van der Waals surface area contributed by atoms with Crippen LogP contribution < -0.4 is 0 Å². The minimum absolute atomic E-state index is 0.0961. The zero-order valence-electron chi connectivity index (χ0n) is 21.5. The summed E-state index contributed by atoms with van der Waals surface area (Å²) in [6.45, 7) is 14.6. The number of rotatable bonds is 14. The standard InChI is InChI=1S/C27H42N2O5S/c1-6-10-12-16-28(15-8-3)24(32)22-27-14-13-26(5,35-27)21(25(33)34-17-11-7-2)20(27)23(31)29(22)19(9-4)18-30/h7-8,19-22,30H,2-3,6,9-18H2,1,4-5H3/t19-,20-,21+,22?,26-,27?/m0/s1. The molecule has 196 valence electrons. The van der Waals surface area contributed by atoms with Crippen LogP contribution in [0.3, 0.4) is 0 Å². The van der Waals surface area contributed by atoms with Gasteiger partial charge in [0.25, 0.3) is 0 Å². The van der Waals surface area contributed by atoms with E-state index in [0.29, 0.717) is 32.4 Å². The van der Waals surface area contributed by atoms with Crippen LogP contribution >= 0.6 is 11.8 Å². The Hall–Kier alpha value is -1.80. The summed E-state index contributed by atoms with van der Waals surface area (Å²) in [7, 11) is 0. The average molecular weight is 507 g/mol. The summed E-state index contributed by atoms with van der Waals surface area (Å²) < 4.78 is 4.43. The molecule has 1 spiro atoms. The molecule has 2 unspecified atom stereocenters. The van der Waals surface area contributed by atoms with Gasteiger partial charge in [-0.3, -0.25) is 14.4 Å². The molecule has 0 aromatic rings. The highest BCUT2D eigenvalue weighted by molar-refractivity contribution is 8.02. The number of ether oxygens (including phenoxy) is 1. The summed E-state index contributed by atoms with van der Waals surface area (Å²) in [5, 5.41) is 10.2. The van der Waals surface area contributed by atoms with Crippen LogP contribution in [0.1, 0.15) is 65.7 Å². The molecular weight excluding hydrogens is 464 g/mol. The number of amides is 2. The first kappa shape index (κ1) is 27.8. The van der Waals surface area contributed by atoms with Crippen molar-refractivity contribution >= 4 is 29.5 Å². The van der Waals surface area contributed by atoms with Crippen LogP contribution in [0.5, 0.6) is 0 Å². The number of hydrogen-bond acceptors (Lipinski definition) is 6. The highest BCUT2D eigenvalue weighted by Gasteiger charge is 2.78. The summed E-state index contributed by atoms with van der Waals surface area (Å²) >= 11 is 1.64. The number of nitrogens with zero attached hydrogens (tertiary/aromatic N) is 2. The number of fused-ring (bicyclic) bond motifs is 1. The predicted molar refractivity (Wildman–Crippen MR) is 139 cm³/mol. The van der Waals surface area contributed by atoms with E-state index in [1.165, 1.54) is 0 Å². The summed E-state index contributed by atoms with van der Waals surface area (Å²) in [4.78, 5) is 45.0. The second kappa shape index (κ2) is 11.5. The zero-order chi connectivity index (χ0) is 25.8. The molecule has 3 aliphatic rings. The van der Waals surface area contributed by atoms with Gasteiger partial charge in [0, 0.05) is 17.8 Å². The van der Waals surface area contributed by atoms with Crippen LogP contribution in [0.2, 0.25) is 0 Å². The highest BCUT2D eigenvalue weighted by atomic mass is 32.2. The number of carbonyl (C=O) groups is 3. The molecule has 7 nitrogen and oxygen atoms in total. The topological polar surface area (TPSA) is 87.1 Å². The van der Waals surface area contributed by atoms with E-state index in [9.17, 15) is 19.5 Å². The number of aliphatic hydroxyl groups excluding tert-OH is 1. The minimum atomic E-state index is -0.712. The summed E-state index contributed by atoms with van der Waals surface area (Å²) in [5.74, 6) is -1.89. The molecule has 3 saturated heterocycles. The maximum absolute atomic E-state index is 14.2. The van der Waals surface area contributed by atoms with Crippen molar-refractivity contribution in [3.63, 3.8) is 0 Å². The summed E-state index contributed by atoms with van der Waals surface area (Å²) in [5.41, 5.74) is 0. The fourth-order valence-corrected chi connectivity index (χ4v) is 8.64. The Labute approximate surface area is 214 Å². The quantitative estimate of drug-likeness (QED) is 0.220. The Morgan fingerprint density at radius 3 is 2.63 bits per heavy atom. The molecule has 35 heavy (non-hydrogen) atoms. The molecule has 0 aromatic heterocycles. The van der Waals surface area contributed by atoms with Crippen molar-refractivity contribution in [3.8, 4) is 0 Å². The second-order valence-corrected chi connectivity index (χ2v) is 12.1. The molecule has 0 aliphatic carbocycles. The predicted octanol–water partition coefficient (Wildman–Crippen LogP) is 3.56. The van der Waals surface area contributed by atoms with Gasteiger partial charge in [-0.2, -0.15) is 0 Å². The van der Waals surface area contributed by atoms with E-state index in [4.69, 9.17) is 4.74 Å². The molecule has 3 rings (SSSR count). The van der Waals surface area contributed by atoms with Crippen LogP contribution in [0, 0.1) is 11.8 Å². The van der Waals surface area contributed by atoms with Gasteiger partial charge in [0.05, 0.1) is 35.8 Å². The third kappa shape index (κ3) is 4.80. The van der Waals surface area contributed by atoms with E-state index < -0.39 is 33.4 Å². The maximum Gasteiger partial charge on any atom is 0.311 e. The first-order valence-electron chi connectivity index (χ1n) is 13.1. The molecule has 1 N–H and O–H groups in total. The fourth-order valence-electron chi connectivity index (χ4n) is 6.31. The van der Waals surface area contributed by atoms with Crippen molar-refractivity contribution in [2.75, 3.05) is 26.3 Å². The lowest BCUT2D eigenvalue weighted by atomic mass is 9.66. The van der Waals surface area contributed by atoms with Crippen LogP contribution in [0.15, 0.2) is 25.3 Å². The van der Waals surface area contributed by atoms with Crippen LogP contribution in [0.25, 0.3) is 0 Å². The molecule has 6 atom stereocenters. The van der Waals surface area contributed by atoms with Crippen molar-refractivity contribution in [2.24, 2.45) is 11.8 Å². The molecule has 2 amide bonds. The first-order valence-corrected chi connectivity index (χ1v) is 13.9. The third-order valence-electron chi connectivity index (χ3n) is 8.04. The van der Waals surface area contributed by atoms with Gasteiger partial charge in [-0.25, -0.2) is 0 Å². The molecule has 3 aliphatic heterocycles. The van der Waals surface area contributed by atoms with Crippen molar-refractivity contribution in [2.45, 2.75) is 87.3 Å². The van der Waals surface area contributed by atoms with E-state index in [-0.39, 0.29) is 31.0 Å². The normalized spacial score (nSPS) is 31.8. The van der Waals surface area contributed by atoms with Gasteiger partial charge in [-0.05, 0) is 39.0 Å². The molecule has 0 radical (unpaired) electrons. The molecular formula is C27H42N2O5S. The Kier molecular flexibility index (Phi) is 9.13. The molecule has 0 saturated carbocycles. The lowest BCUT2D eigenvalue weighted by Crippen LogP contribution is -2.57. The van der Waals surface area contributed by atoms with E-state index >= 15 is 0 Å². The molecule has 8 heteroatoms. The summed E-state index contributed by atoms with van der Waals surface area (Å²) in [6.07, 6.45) is 8.88. The van der Waals surface area contributed by atoms with Crippen LogP contribution in [-0.2, 0) is 19.1 Å². The van der Waals surface area contributed by atoms with Crippen molar-refractivity contribution < 1.29 is 24.2 Å². The van der Waals surface area contributed by atoms with Crippen LogP contribution in [-0.4, -0.2) is 80.6 Å². The second-order valence-electron chi connectivity index (χ2n) is 10.2. The average Bonchev–Trinajstić information content (AvgIpc) is 3.40. The molecule has 3 fully saturated rings. The van der Waals surface area contributed by atoms with E-state index in [1.807, 2.05) is 13.8 Å². The number of aliphatic hydroxyl groups is 1. The Bertz CT molecular complexity index is 830. The Morgan fingerprint density at radius 2 is 2.03 bits per heavy atom. The van der Waals surface area contributed by atoms with Crippen molar-refractivity contribution in [1.82, 2.24) is 9.80 Å². The van der Waals surface area contributed by atoms with Gasteiger partial charge in [0.2, 0.25) is 11.8 Å². The number of hydrogen-bond donors (Lipinski definition) is 1. The van der Waals surface area contributed by atoms with Crippen LogP contribution in [0.4, 0.5) is 0 Å². The number of thioether (sulfide) groups is 1. The Morgan fingerprint density at radius 1 is 1.29 bits per heavy atom. The minimum Gasteiger partial charge on any atom is -0.465 e. The van der Waals surface area contributed by atoms with Gasteiger partial charge in [-0.15, -0.1) is 24.9 Å². The maximum atomic E-state index is 14.2. The number of esters is 1. The molecule has 3 heterocycles. The smallest absolute Gasteiger partial charge is 0.311 e. The first-order chi connectivity index (χ1) is 16.8. The van der Waals surface area contributed by atoms with Crippen molar-refractivity contribution in [1.29, 1.82) is 0 Å². The van der Waals surface area contributed by atoms with Gasteiger partial charge < -0.3 is 19.6 Å². The van der Waals surface area contributed by atoms with E-state index in [0.717, 1.165) is 25.7 Å². The number of likely N-dealkylation sites (tertiary alicyclic amines) is 1. The zero-order valence-corrected chi connectivity index (χ0v) is 22.4. The van der Waals surface area contributed by atoms with Crippen molar-refractivity contribution in [3.05, 3.63) is 25.3 Å². The van der Waals surface area contributed by atoms with Gasteiger partial charge >= 0.3 is 5.97 Å².